The summed E-state index contributed by atoms with van der Waals surface area (Å²) in [5, 5.41) is 0. The van der Waals surface area contributed by atoms with Gasteiger partial charge >= 0.3 is 5.69 Å². The number of aromatic nitrogens is 2. The molecule has 3 nitrogen and oxygen atoms in total. The van der Waals surface area contributed by atoms with Crippen LogP contribution >= 0.6 is 0 Å². The first-order valence-electron chi connectivity index (χ1n) is 10.2. The molecule has 1 aromatic heterocycles. The van der Waals surface area contributed by atoms with Crippen LogP contribution in [0.3, 0.4) is 0 Å². The van der Waals surface area contributed by atoms with Crippen LogP contribution in [0.2, 0.25) is 0 Å². The first-order chi connectivity index (χ1) is 14.2. The van der Waals surface area contributed by atoms with Gasteiger partial charge in [0.1, 0.15) is 0 Å². The first kappa shape index (κ1) is 17.7. The van der Waals surface area contributed by atoms with E-state index in [4.69, 9.17) is 0 Å². The van der Waals surface area contributed by atoms with Gasteiger partial charge in [0.05, 0.1) is 11.4 Å². The van der Waals surface area contributed by atoms with Crippen molar-refractivity contribution in [3.8, 4) is 16.9 Å². The van der Waals surface area contributed by atoms with Crippen LogP contribution in [0.1, 0.15) is 22.3 Å². The number of benzene rings is 3. The highest BCUT2D eigenvalue weighted by molar-refractivity contribution is 5.65. The second-order valence-electron chi connectivity index (χ2n) is 7.87. The average molecular weight is 380 g/mol. The summed E-state index contributed by atoms with van der Waals surface area (Å²) in [4.78, 5) is 13.0. The lowest BCUT2D eigenvalue weighted by atomic mass is 9.92. The van der Waals surface area contributed by atoms with E-state index in [1.165, 1.54) is 27.8 Å². The number of imidazole rings is 1. The summed E-state index contributed by atoms with van der Waals surface area (Å²) < 4.78 is 3.52. The minimum absolute atomic E-state index is 0.0153. The molecular formula is C26H24N2O. The molecular weight excluding hydrogens is 356 g/mol. The maximum Gasteiger partial charge on any atom is 0.332 e. The van der Waals surface area contributed by atoms with Crippen LogP contribution in [-0.2, 0) is 32.7 Å². The van der Waals surface area contributed by atoms with Gasteiger partial charge in [-0.2, -0.15) is 0 Å². The molecule has 0 fully saturated rings. The van der Waals surface area contributed by atoms with Gasteiger partial charge < -0.3 is 0 Å². The summed E-state index contributed by atoms with van der Waals surface area (Å²) in [6.07, 6.45) is 5.97. The molecule has 3 aromatic carbocycles. The Morgan fingerprint density at radius 3 is 2.07 bits per heavy atom. The Morgan fingerprint density at radius 2 is 1.34 bits per heavy atom. The zero-order valence-corrected chi connectivity index (χ0v) is 16.6. The molecule has 4 aliphatic rings. The molecule has 29 heavy (non-hydrogen) atoms. The molecule has 0 spiro atoms. The second-order valence-corrected chi connectivity index (χ2v) is 7.87. The number of aryl methyl sites for hydroxylation is 4. The van der Waals surface area contributed by atoms with Crippen molar-refractivity contribution in [1.29, 1.82) is 0 Å². The maximum atomic E-state index is 13.0. The molecule has 0 radical (unpaired) electrons. The molecule has 0 aliphatic heterocycles. The number of hydrogen-bond acceptors (Lipinski definition) is 1. The predicted octanol–water partition coefficient (Wildman–Crippen LogP) is 4.73. The van der Waals surface area contributed by atoms with Crippen molar-refractivity contribution in [2.24, 2.45) is 7.05 Å². The maximum absolute atomic E-state index is 13.0. The molecule has 0 saturated carbocycles. The highest BCUT2D eigenvalue weighted by Gasteiger charge is 2.16. The van der Waals surface area contributed by atoms with Crippen LogP contribution in [0, 0.1) is 0 Å². The van der Waals surface area contributed by atoms with E-state index in [0.717, 1.165) is 37.1 Å². The van der Waals surface area contributed by atoms with E-state index < -0.39 is 0 Å². The lowest BCUT2D eigenvalue weighted by Gasteiger charge is -2.14. The fourth-order valence-corrected chi connectivity index (χ4v) is 4.23. The Morgan fingerprint density at radius 1 is 0.724 bits per heavy atom. The highest BCUT2D eigenvalue weighted by atomic mass is 16.1. The molecule has 4 aromatic rings. The van der Waals surface area contributed by atoms with Crippen LogP contribution in [0.25, 0.3) is 16.9 Å². The zero-order chi connectivity index (χ0) is 19.8. The van der Waals surface area contributed by atoms with E-state index in [0.29, 0.717) is 0 Å². The lowest BCUT2D eigenvalue weighted by Crippen LogP contribution is -2.21. The largest absolute Gasteiger partial charge is 0.332 e. The fourth-order valence-electron chi connectivity index (χ4n) is 4.23. The molecule has 0 saturated heterocycles. The number of hydrogen-bond donors (Lipinski definition) is 0. The van der Waals surface area contributed by atoms with Crippen LogP contribution in [0.4, 0.5) is 0 Å². The number of nitrogens with zero attached hydrogens (tertiary/aromatic N) is 2. The third-order valence-electron chi connectivity index (χ3n) is 6.00. The molecule has 0 unspecified atom stereocenters. The summed E-state index contributed by atoms with van der Waals surface area (Å²) in [6.45, 7) is 0. The van der Waals surface area contributed by atoms with Crippen molar-refractivity contribution < 1.29 is 0 Å². The third kappa shape index (κ3) is 3.33. The lowest BCUT2D eigenvalue weighted by molar-refractivity contribution is 0.826. The van der Waals surface area contributed by atoms with Crippen LogP contribution < -0.4 is 5.69 Å². The topological polar surface area (TPSA) is 26.9 Å². The van der Waals surface area contributed by atoms with Crippen molar-refractivity contribution in [2.75, 3.05) is 0 Å². The van der Waals surface area contributed by atoms with Crippen LogP contribution in [0.15, 0.2) is 83.8 Å². The minimum atomic E-state index is -0.0153. The van der Waals surface area contributed by atoms with Gasteiger partial charge in [-0.15, -0.1) is 0 Å². The zero-order valence-electron chi connectivity index (χ0n) is 16.6. The van der Waals surface area contributed by atoms with Crippen molar-refractivity contribution >= 4 is 0 Å². The third-order valence-corrected chi connectivity index (χ3v) is 6.00. The Hall–Kier alpha value is -3.33. The van der Waals surface area contributed by atoms with Gasteiger partial charge in [0.15, 0.2) is 0 Å². The predicted molar refractivity (Wildman–Crippen MR) is 118 cm³/mol. The van der Waals surface area contributed by atoms with Gasteiger partial charge in [0, 0.05) is 18.8 Å². The molecule has 8 rings (SSSR count). The van der Waals surface area contributed by atoms with E-state index in [1.807, 2.05) is 43.6 Å². The monoisotopic (exact) mass is 380 g/mol. The molecule has 4 aliphatic carbocycles. The van der Waals surface area contributed by atoms with Crippen LogP contribution in [0.5, 0.6) is 0 Å². The Labute approximate surface area is 170 Å². The molecule has 0 N–H and O–H groups in total. The van der Waals surface area contributed by atoms with E-state index in [1.54, 1.807) is 9.13 Å². The Bertz CT molecular complexity index is 1210. The normalized spacial score (nSPS) is 13.3. The quantitative estimate of drug-likeness (QED) is 0.494. The van der Waals surface area contributed by atoms with E-state index >= 15 is 0 Å². The summed E-state index contributed by atoms with van der Waals surface area (Å²) in [5.74, 6) is 0. The SMILES string of the molecule is Cn1c(-c2cc3ccc2CCc2ccc(cc2)CC3)cn(-c2ccccc2)c1=O. The van der Waals surface area contributed by atoms with Gasteiger partial charge in [0.25, 0.3) is 0 Å². The van der Waals surface area contributed by atoms with Gasteiger partial charge in [-0.25, -0.2) is 4.79 Å². The number of rotatable bonds is 2. The second kappa shape index (κ2) is 7.25. The standard InChI is InChI=1S/C26H24N2O/c1-27-25(18-28(26(27)29)23-5-3-2-4-6-23)24-17-21-12-11-19-7-9-20(10-8-19)13-15-22(24)16-14-21/h2-10,14,16-18H,11-13,15H2,1H3. The molecule has 3 heteroatoms. The molecule has 0 amide bonds. The van der Waals surface area contributed by atoms with Crippen molar-refractivity contribution in [3.05, 3.63) is 112 Å². The molecule has 1 heterocycles. The molecule has 4 bridgehead atoms. The van der Waals surface area contributed by atoms with E-state index in [9.17, 15) is 4.79 Å². The summed E-state index contributed by atoms with van der Waals surface area (Å²) in [5.41, 5.74) is 8.37. The van der Waals surface area contributed by atoms with Gasteiger partial charge in [-0.1, -0.05) is 54.6 Å². The van der Waals surface area contributed by atoms with Gasteiger partial charge in [-0.3, -0.25) is 9.13 Å². The highest BCUT2D eigenvalue weighted by Crippen LogP contribution is 2.28. The van der Waals surface area contributed by atoms with Gasteiger partial charge in [0.2, 0.25) is 0 Å². The van der Waals surface area contributed by atoms with E-state index in [2.05, 4.69) is 42.5 Å². The van der Waals surface area contributed by atoms with E-state index in [-0.39, 0.29) is 5.69 Å². The summed E-state index contributed by atoms with van der Waals surface area (Å²) in [6, 6.07) is 25.6. The summed E-state index contributed by atoms with van der Waals surface area (Å²) >= 11 is 0. The minimum Gasteiger partial charge on any atom is -0.295 e. The fraction of sp³-hybridized carbons (Fsp3) is 0.192. The average Bonchev–Trinajstić information content (AvgIpc) is 3.05. The van der Waals surface area contributed by atoms with Crippen molar-refractivity contribution in [3.63, 3.8) is 0 Å². The van der Waals surface area contributed by atoms with Gasteiger partial charge in [-0.05, 0) is 66.1 Å². The first-order valence-corrected chi connectivity index (χ1v) is 10.2. The summed E-state index contributed by atoms with van der Waals surface area (Å²) in [7, 11) is 1.87. The molecule has 144 valence electrons. The smallest absolute Gasteiger partial charge is 0.295 e. The van der Waals surface area contributed by atoms with Crippen molar-refractivity contribution in [2.45, 2.75) is 25.7 Å². The van der Waals surface area contributed by atoms with Crippen LogP contribution in [-0.4, -0.2) is 9.13 Å². The Kier molecular flexibility index (Phi) is 4.44. The van der Waals surface area contributed by atoms with Crippen molar-refractivity contribution in [1.82, 2.24) is 9.13 Å². The number of para-hydroxylation sites is 1. The molecule has 0 atom stereocenters. The Balaban J connectivity index is 1.63.